The zero-order chi connectivity index (χ0) is 13.3. The molecule has 0 aromatic rings. The summed E-state index contributed by atoms with van der Waals surface area (Å²) in [6, 6.07) is 0.981. The summed E-state index contributed by atoms with van der Waals surface area (Å²) in [6.07, 6.45) is 7.74. The highest BCUT2D eigenvalue weighted by Gasteiger charge is 2.47. The molecule has 0 radical (unpaired) electrons. The monoisotopic (exact) mass is 287 g/mol. The van der Waals surface area contributed by atoms with Crippen molar-refractivity contribution < 1.29 is 4.79 Å². The predicted molar refractivity (Wildman–Crippen MR) is 78.5 cm³/mol. The zero-order valence-electron chi connectivity index (χ0n) is 11.4. The Kier molecular flexibility index (Phi) is 4.32. The summed E-state index contributed by atoms with van der Waals surface area (Å²) >= 11 is 0. The number of carbonyl (C=O) groups is 1. The molecule has 0 saturated carbocycles. The van der Waals surface area contributed by atoms with E-state index >= 15 is 0 Å². The highest BCUT2D eigenvalue weighted by Crippen LogP contribution is 2.45. The van der Waals surface area contributed by atoms with Crippen LogP contribution in [0.3, 0.4) is 0 Å². The van der Waals surface area contributed by atoms with Crippen molar-refractivity contribution in [1.29, 1.82) is 0 Å². The molecule has 18 heavy (non-hydrogen) atoms. The van der Waals surface area contributed by atoms with E-state index in [2.05, 4.69) is 17.9 Å². The number of carbonyl (C=O) groups excluding carboxylic acids is 1. The summed E-state index contributed by atoms with van der Waals surface area (Å²) in [5, 5.41) is 0. The maximum absolute atomic E-state index is 12.8. The Bertz CT molecular complexity index is 347. The van der Waals surface area contributed by atoms with Crippen molar-refractivity contribution in [3.63, 3.8) is 0 Å². The van der Waals surface area contributed by atoms with E-state index in [1.807, 2.05) is 13.8 Å². The van der Waals surface area contributed by atoms with Crippen molar-refractivity contribution in [3.05, 3.63) is 11.0 Å². The molecule has 2 saturated heterocycles. The molecule has 0 aromatic heterocycles. The molecule has 0 unspecified atom stereocenters. The quantitative estimate of drug-likeness (QED) is 0.766. The summed E-state index contributed by atoms with van der Waals surface area (Å²) in [5.74, 6) is 0.264. The van der Waals surface area contributed by atoms with E-state index in [1.165, 1.54) is 36.7 Å². The molecule has 0 spiro atoms. The van der Waals surface area contributed by atoms with Crippen LogP contribution in [0.1, 0.15) is 52.9 Å². The van der Waals surface area contributed by atoms with Crippen LogP contribution in [0.5, 0.6) is 0 Å². The number of hydrogen-bond acceptors (Lipinski definition) is 2. The van der Waals surface area contributed by atoms with E-state index in [0.29, 0.717) is 12.1 Å². The van der Waals surface area contributed by atoms with Crippen molar-refractivity contribution in [2.75, 3.05) is 0 Å². The van der Waals surface area contributed by atoms with Crippen molar-refractivity contribution in [2.24, 2.45) is 5.41 Å². The van der Waals surface area contributed by atoms with E-state index < -0.39 is 5.41 Å². The molecule has 1 amide bonds. The summed E-state index contributed by atoms with van der Waals surface area (Å²) in [5.41, 5.74) is -0.479. The number of fused-ring (bicyclic) bond motifs is 2. The minimum Gasteiger partial charge on any atom is -0.336 e. The van der Waals surface area contributed by atoms with Crippen LogP contribution in [0.15, 0.2) is 11.0 Å². The highest BCUT2D eigenvalue weighted by molar-refractivity contribution is 8.24. The van der Waals surface area contributed by atoms with Gasteiger partial charge < -0.3 is 4.90 Å². The molecule has 0 N–H and O–H groups in total. The first-order valence-corrected chi connectivity index (χ1v) is 8.48. The van der Waals surface area contributed by atoms with Gasteiger partial charge in [-0.15, -0.1) is 0 Å². The molecule has 102 valence electrons. The Balaban J connectivity index is 2.19. The molecular formula is C14H22ClNOS. The van der Waals surface area contributed by atoms with Crippen molar-refractivity contribution in [1.82, 2.24) is 4.90 Å². The minimum absolute atomic E-state index is 0.264. The molecule has 0 aliphatic carbocycles. The second-order valence-electron chi connectivity index (χ2n) is 5.85. The van der Waals surface area contributed by atoms with Crippen LogP contribution >= 0.6 is 21.7 Å². The van der Waals surface area contributed by atoms with Gasteiger partial charge in [-0.1, -0.05) is 13.0 Å². The van der Waals surface area contributed by atoms with Gasteiger partial charge in [0, 0.05) is 17.0 Å². The zero-order valence-corrected chi connectivity index (χ0v) is 13.0. The summed E-state index contributed by atoms with van der Waals surface area (Å²) in [4.78, 5) is 16.0. The van der Waals surface area contributed by atoms with Crippen LogP contribution in [-0.2, 0) is 4.79 Å². The van der Waals surface area contributed by atoms with Crippen LogP contribution in [0.4, 0.5) is 0 Å². The van der Waals surface area contributed by atoms with Crippen molar-refractivity contribution >= 4 is 27.6 Å². The van der Waals surface area contributed by atoms with Gasteiger partial charge in [-0.05, 0) is 67.6 Å². The van der Waals surface area contributed by atoms with Crippen molar-refractivity contribution in [3.8, 4) is 0 Å². The lowest BCUT2D eigenvalue weighted by molar-refractivity contribution is -0.139. The predicted octanol–water partition coefficient (Wildman–Crippen LogP) is 4.35. The van der Waals surface area contributed by atoms with E-state index in [4.69, 9.17) is 10.7 Å². The normalized spacial score (nSPS) is 28.0. The van der Waals surface area contributed by atoms with Crippen LogP contribution in [0.2, 0.25) is 0 Å². The second kappa shape index (κ2) is 5.46. The maximum atomic E-state index is 12.8. The molecule has 2 fully saturated rings. The van der Waals surface area contributed by atoms with E-state index in [-0.39, 0.29) is 5.91 Å². The Hall–Kier alpha value is -0.150. The number of allylic oxidation sites excluding steroid dienone is 1. The average Bonchev–Trinajstić information content (AvgIpc) is 2.94. The fourth-order valence-electron chi connectivity index (χ4n) is 3.24. The van der Waals surface area contributed by atoms with Gasteiger partial charge >= 0.3 is 0 Å². The number of nitrogens with zero attached hydrogens (tertiary/aromatic N) is 1. The summed E-state index contributed by atoms with van der Waals surface area (Å²) < 4.78 is 0. The average molecular weight is 288 g/mol. The lowest BCUT2D eigenvalue weighted by Crippen LogP contribution is -2.44. The van der Waals surface area contributed by atoms with Gasteiger partial charge in [0.05, 0.1) is 5.41 Å². The molecule has 0 aromatic carbocycles. The molecule has 2 heterocycles. The molecule has 2 bridgehead atoms. The minimum atomic E-state index is -0.479. The summed E-state index contributed by atoms with van der Waals surface area (Å²) in [7, 11) is 7.14. The molecule has 2 aliphatic rings. The maximum Gasteiger partial charge on any atom is 0.233 e. The third kappa shape index (κ3) is 2.32. The third-order valence-electron chi connectivity index (χ3n) is 4.31. The largest absolute Gasteiger partial charge is 0.336 e. The number of halogens is 1. The molecular weight excluding hydrogens is 266 g/mol. The fraction of sp³-hybridized carbons (Fsp3) is 0.786. The molecule has 4 heteroatoms. The van der Waals surface area contributed by atoms with Gasteiger partial charge in [0.2, 0.25) is 5.91 Å². The number of amides is 1. The highest BCUT2D eigenvalue weighted by atomic mass is 35.7. The third-order valence-corrected chi connectivity index (χ3v) is 5.65. The lowest BCUT2D eigenvalue weighted by Gasteiger charge is -2.33. The molecule has 2 aliphatic heterocycles. The lowest BCUT2D eigenvalue weighted by atomic mass is 9.90. The smallest absolute Gasteiger partial charge is 0.233 e. The van der Waals surface area contributed by atoms with Crippen LogP contribution in [0, 0.1) is 5.41 Å². The standard InChI is InChI=1S/C14H22ClNOS/c1-4-5-12(18-15)14(2,3)13(17)16-10-6-7-11(16)9-8-10/h5,10-11H,4,6-9H2,1-3H3/b12-5-. The Labute approximate surface area is 119 Å². The Morgan fingerprint density at radius 2 is 1.83 bits per heavy atom. The molecule has 2 nitrogen and oxygen atoms in total. The molecule has 2 rings (SSSR count). The van der Waals surface area contributed by atoms with E-state index in [0.717, 1.165) is 11.3 Å². The first-order chi connectivity index (χ1) is 8.52. The van der Waals surface area contributed by atoms with Crippen LogP contribution < -0.4 is 0 Å². The van der Waals surface area contributed by atoms with Gasteiger partial charge in [0.15, 0.2) is 0 Å². The van der Waals surface area contributed by atoms with E-state index in [9.17, 15) is 4.79 Å². The van der Waals surface area contributed by atoms with Gasteiger partial charge in [-0.3, -0.25) is 4.79 Å². The van der Waals surface area contributed by atoms with Gasteiger partial charge in [0.25, 0.3) is 0 Å². The Morgan fingerprint density at radius 3 is 2.22 bits per heavy atom. The van der Waals surface area contributed by atoms with E-state index in [1.54, 1.807) is 0 Å². The van der Waals surface area contributed by atoms with Crippen LogP contribution in [-0.4, -0.2) is 22.9 Å². The SMILES string of the molecule is CC/C=C(\SCl)C(C)(C)C(=O)N1C2CCC1CC2. The molecule has 0 atom stereocenters. The van der Waals surface area contributed by atoms with Gasteiger partial charge in [0.1, 0.15) is 0 Å². The summed E-state index contributed by atoms with van der Waals surface area (Å²) in [6.45, 7) is 6.08. The Morgan fingerprint density at radius 1 is 1.33 bits per heavy atom. The van der Waals surface area contributed by atoms with Gasteiger partial charge in [-0.25, -0.2) is 0 Å². The first kappa shape index (κ1) is 14.3. The number of hydrogen-bond donors (Lipinski definition) is 0. The topological polar surface area (TPSA) is 20.3 Å². The van der Waals surface area contributed by atoms with Gasteiger partial charge in [-0.2, -0.15) is 0 Å². The first-order valence-electron chi connectivity index (χ1n) is 6.84. The number of rotatable bonds is 4. The fourth-order valence-corrected chi connectivity index (χ4v) is 4.52. The van der Waals surface area contributed by atoms with Crippen LogP contribution in [0.25, 0.3) is 0 Å². The van der Waals surface area contributed by atoms with Crippen molar-refractivity contribution in [2.45, 2.75) is 65.0 Å². The second-order valence-corrected chi connectivity index (χ2v) is 6.91.